The quantitative estimate of drug-likeness (QED) is 0.580. The van der Waals surface area contributed by atoms with Crippen LogP contribution in [0.3, 0.4) is 0 Å². The third-order valence-electron chi connectivity index (χ3n) is 1.53. The Morgan fingerprint density at radius 1 is 1.18 bits per heavy atom. The lowest BCUT2D eigenvalue weighted by atomic mass is 10.0. The molecular weight excluding hydrogens is 139 g/mol. The molecule has 0 amide bonds. The third-order valence-corrected chi connectivity index (χ3v) is 1.53. The van der Waals surface area contributed by atoms with Crippen LogP contribution >= 0.6 is 0 Å². The first-order valence-electron chi connectivity index (χ1n) is 3.46. The Bertz CT molecular complexity index is 216. The highest BCUT2D eigenvalue weighted by Gasteiger charge is 2.02. The molecule has 11 heavy (non-hydrogen) atoms. The fourth-order valence-electron chi connectivity index (χ4n) is 0.943. The van der Waals surface area contributed by atoms with Gasteiger partial charge < -0.3 is 0 Å². The van der Waals surface area contributed by atoms with E-state index in [1.165, 1.54) is 6.07 Å². The summed E-state index contributed by atoms with van der Waals surface area (Å²) in [7, 11) is 0. The van der Waals surface area contributed by atoms with Gasteiger partial charge in [0.15, 0.2) is 0 Å². The molecule has 0 heterocycles. The summed E-state index contributed by atoms with van der Waals surface area (Å²) >= 11 is 0. The minimum Gasteiger partial charge on any atom is -0.207 e. The number of hydrogen-bond acceptors (Lipinski definition) is 0. The predicted molar refractivity (Wildman–Crippen MR) is 47.2 cm³/mol. The minimum atomic E-state index is -0.0995. The lowest BCUT2D eigenvalue weighted by Crippen LogP contribution is -1.90. The van der Waals surface area contributed by atoms with Gasteiger partial charge in [0.1, 0.15) is 5.82 Å². The van der Waals surface area contributed by atoms with E-state index in [0.717, 1.165) is 5.56 Å². The molecule has 1 aromatic carbocycles. The van der Waals surface area contributed by atoms with Crippen LogP contribution in [0.1, 0.15) is 32.8 Å². The van der Waals surface area contributed by atoms with Crippen LogP contribution in [-0.2, 0) is 0 Å². The van der Waals surface area contributed by atoms with Crippen LogP contribution in [0.2, 0.25) is 0 Å². The van der Waals surface area contributed by atoms with E-state index >= 15 is 0 Å². The molecule has 0 saturated heterocycles. The van der Waals surface area contributed by atoms with Gasteiger partial charge in [0.05, 0.1) is 0 Å². The summed E-state index contributed by atoms with van der Waals surface area (Å²) < 4.78 is 12.8. The molecule has 0 nitrogen and oxygen atoms in total. The van der Waals surface area contributed by atoms with Crippen LogP contribution in [-0.4, -0.2) is 0 Å². The number of hydrogen-bond donors (Lipinski definition) is 0. The fraction of sp³-hybridized carbons (Fsp3) is 0.400. The van der Waals surface area contributed by atoms with Crippen LogP contribution in [0.4, 0.5) is 4.39 Å². The predicted octanol–water partition coefficient (Wildman–Crippen LogP) is 3.59. The highest BCUT2D eigenvalue weighted by atomic mass is 19.1. The topological polar surface area (TPSA) is 0 Å². The lowest BCUT2D eigenvalue weighted by molar-refractivity contribution is 0.598. The largest absolute Gasteiger partial charge is 0.207 e. The second-order valence-electron chi connectivity index (χ2n) is 2.68. The van der Waals surface area contributed by atoms with E-state index in [1.54, 1.807) is 6.07 Å². The van der Waals surface area contributed by atoms with E-state index in [1.807, 2.05) is 26.0 Å². The smallest absolute Gasteiger partial charge is 0.126 e. The van der Waals surface area contributed by atoms with Gasteiger partial charge in [-0.2, -0.15) is 0 Å². The van der Waals surface area contributed by atoms with Crippen molar-refractivity contribution in [1.29, 1.82) is 0 Å². The molecule has 0 bridgehead atoms. The molecule has 1 aromatic rings. The summed E-state index contributed by atoms with van der Waals surface area (Å²) in [4.78, 5) is 0. The van der Waals surface area contributed by atoms with Crippen LogP contribution in [0.25, 0.3) is 0 Å². The van der Waals surface area contributed by atoms with Gasteiger partial charge in [0.2, 0.25) is 0 Å². The Balaban J connectivity index is 0.000001000. The third kappa shape index (κ3) is 2.34. The van der Waals surface area contributed by atoms with E-state index in [0.29, 0.717) is 0 Å². The molecule has 1 rings (SSSR count). The number of rotatable bonds is 1. The summed E-state index contributed by atoms with van der Waals surface area (Å²) in [5, 5.41) is 0. The zero-order chi connectivity index (χ0) is 7.56. The van der Waals surface area contributed by atoms with Gasteiger partial charge in [-0.3, -0.25) is 0 Å². The van der Waals surface area contributed by atoms with Crippen LogP contribution in [0.15, 0.2) is 24.3 Å². The highest BCUT2D eigenvalue weighted by molar-refractivity contribution is 5.20. The van der Waals surface area contributed by atoms with Crippen molar-refractivity contribution >= 4 is 0 Å². The number of halogens is 1. The molecular formula is C10H15F. The van der Waals surface area contributed by atoms with E-state index in [-0.39, 0.29) is 19.2 Å². The Hall–Kier alpha value is -0.850. The van der Waals surface area contributed by atoms with Crippen LogP contribution in [0.5, 0.6) is 0 Å². The highest BCUT2D eigenvalue weighted by Crippen LogP contribution is 2.16. The van der Waals surface area contributed by atoms with Crippen molar-refractivity contribution in [2.45, 2.75) is 27.2 Å². The maximum atomic E-state index is 12.8. The zero-order valence-corrected chi connectivity index (χ0v) is 6.26. The first kappa shape index (κ1) is 10.2. The Kier molecular flexibility index (Phi) is 3.80. The molecule has 0 unspecified atom stereocenters. The molecule has 0 fully saturated rings. The molecule has 0 radical (unpaired) electrons. The van der Waals surface area contributed by atoms with Crippen molar-refractivity contribution < 1.29 is 4.39 Å². The minimum absolute atomic E-state index is 0. The normalized spacial score (nSPS) is 9.45. The van der Waals surface area contributed by atoms with Gasteiger partial charge in [-0.25, -0.2) is 4.39 Å². The zero-order valence-electron chi connectivity index (χ0n) is 6.26. The van der Waals surface area contributed by atoms with E-state index in [9.17, 15) is 4.39 Å². The molecule has 0 atom stereocenters. The monoisotopic (exact) mass is 154 g/mol. The molecule has 0 aromatic heterocycles. The van der Waals surface area contributed by atoms with Gasteiger partial charge in [0.25, 0.3) is 0 Å². The first-order valence-corrected chi connectivity index (χ1v) is 3.46. The Labute approximate surface area is 68.1 Å². The second-order valence-corrected chi connectivity index (χ2v) is 2.68. The second kappa shape index (κ2) is 4.12. The number of benzene rings is 1. The summed E-state index contributed by atoms with van der Waals surface area (Å²) in [6.07, 6.45) is 0. The Morgan fingerprint density at radius 3 is 2.09 bits per heavy atom. The average Bonchev–Trinajstić information content (AvgIpc) is 1.88. The maximum absolute atomic E-state index is 12.8. The van der Waals surface area contributed by atoms with Crippen molar-refractivity contribution in [3.63, 3.8) is 0 Å². The van der Waals surface area contributed by atoms with Gasteiger partial charge >= 0.3 is 0 Å². The van der Waals surface area contributed by atoms with Crippen LogP contribution < -0.4 is 0 Å². The first-order chi connectivity index (χ1) is 4.72. The van der Waals surface area contributed by atoms with Crippen molar-refractivity contribution in [3.05, 3.63) is 35.6 Å². The summed E-state index contributed by atoms with van der Waals surface area (Å²) in [6.45, 7) is 3.97. The molecule has 0 spiro atoms. The molecule has 0 N–H and O–H groups in total. The standard InChI is InChI=1S/C9H11F.CH4/c1-7(2)8-5-3-4-6-9(8)10;/h3-7H,1-2H3;1H4. The summed E-state index contributed by atoms with van der Waals surface area (Å²) in [5.41, 5.74) is 0.794. The van der Waals surface area contributed by atoms with Crippen molar-refractivity contribution in [2.75, 3.05) is 0 Å². The average molecular weight is 154 g/mol. The lowest BCUT2D eigenvalue weighted by Gasteiger charge is -2.04. The van der Waals surface area contributed by atoms with E-state index in [2.05, 4.69) is 0 Å². The maximum Gasteiger partial charge on any atom is 0.126 e. The van der Waals surface area contributed by atoms with Gasteiger partial charge in [0, 0.05) is 0 Å². The molecule has 0 saturated carbocycles. The molecule has 0 aliphatic carbocycles. The van der Waals surface area contributed by atoms with Crippen molar-refractivity contribution in [3.8, 4) is 0 Å². The van der Waals surface area contributed by atoms with E-state index < -0.39 is 0 Å². The molecule has 0 aliphatic rings. The van der Waals surface area contributed by atoms with Gasteiger partial charge in [-0.15, -0.1) is 0 Å². The van der Waals surface area contributed by atoms with Crippen LogP contribution in [0, 0.1) is 5.82 Å². The molecule has 1 heteroatoms. The van der Waals surface area contributed by atoms with Crippen molar-refractivity contribution in [2.24, 2.45) is 0 Å². The summed E-state index contributed by atoms with van der Waals surface area (Å²) in [6, 6.07) is 6.88. The van der Waals surface area contributed by atoms with Crippen molar-refractivity contribution in [1.82, 2.24) is 0 Å². The Morgan fingerprint density at radius 2 is 1.73 bits per heavy atom. The molecule has 62 valence electrons. The van der Waals surface area contributed by atoms with Gasteiger partial charge in [-0.05, 0) is 17.5 Å². The molecule has 0 aliphatic heterocycles. The van der Waals surface area contributed by atoms with E-state index in [4.69, 9.17) is 0 Å². The fourth-order valence-corrected chi connectivity index (χ4v) is 0.943. The SMILES string of the molecule is C.CC(C)c1ccccc1F. The van der Waals surface area contributed by atoms with Gasteiger partial charge in [-0.1, -0.05) is 39.5 Å². The summed E-state index contributed by atoms with van der Waals surface area (Å²) in [5.74, 6) is 0.179.